The van der Waals surface area contributed by atoms with Gasteiger partial charge in [0.2, 0.25) is 6.10 Å². The molecule has 0 fully saturated rings. The van der Waals surface area contributed by atoms with Crippen molar-refractivity contribution in [1.82, 2.24) is 4.98 Å². The lowest BCUT2D eigenvalue weighted by molar-refractivity contribution is -0.160. The Morgan fingerprint density at radius 2 is 1.39 bits per heavy atom. The highest BCUT2D eigenvalue weighted by Crippen LogP contribution is 2.39. The number of aliphatic carboxylic acids is 1. The van der Waals surface area contributed by atoms with E-state index in [1.807, 2.05) is 74.5 Å². The van der Waals surface area contributed by atoms with Gasteiger partial charge >= 0.3 is 5.97 Å². The second-order valence-electron chi connectivity index (χ2n) is 6.59. The van der Waals surface area contributed by atoms with Crippen molar-refractivity contribution in [2.75, 3.05) is 7.11 Å². The van der Waals surface area contributed by atoms with E-state index in [0.29, 0.717) is 16.9 Å². The van der Waals surface area contributed by atoms with Crippen LogP contribution in [0.5, 0.6) is 5.75 Å². The number of aryl methyl sites for hydroxylation is 2. The van der Waals surface area contributed by atoms with Crippen molar-refractivity contribution in [1.29, 1.82) is 0 Å². The van der Waals surface area contributed by atoms with Crippen molar-refractivity contribution in [2.45, 2.75) is 25.6 Å². The number of hydrogen-bond acceptors (Lipinski definition) is 4. The van der Waals surface area contributed by atoms with Crippen LogP contribution in [0.2, 0.25) is 0 Å². The number of pyridine rings is 1. The number of benzene rings is 2. The van der Waals surface area contributed by atoms with Gasteiger partial charge in [0.25, 0.3) is 0 Å². The number of nitrogens with zero attached hydrogens (tertiary/aromatic N) is 1. The highest BCUT2D eigenvalue weighted by molar-refractivity contribution is 5.76. The fraction of sp³-hybridized carbons (Fsp3) is 0.217. The summed E-state index contributed by atoms with van der Waals surface area (Å²) in [5.74, 6) is -0.688. The SMILES string of the molecule is COC(c1ccccc1)(c1ccccc1)C(Oc1cc(C)nc(C)c1)C(=O)O. The Labute approximate surface area is 164 Å². The second kappa shape index (κ2) is 8.23. The van der Waals surface area contributed by atoms with Gasteiger partial charge in [-0.3, -0.25) is 4.98 Å². The second-order valence-corrected chi connectivity index (χ2v) is 6.59. The Morgan fingerprint density at radius 1 is 0.929 bits per heavy atom. The van der Waals surface area contributed by atoms with Gasteiger partial charge in [0, 0.05) is 30.6 Å². The lowest BCUT2D eigenvalue weighted by atomic mass is 9.81. The molecule has 1 atom stereocenters. The van der Waals surface area contributed by atoms with Gasteiger partial charge < -0.3 is 14.6 Å². The van der Waals surface area contributed by atoms with Crippen LogP contribution in [0.25, 0.3) is 0 Å². The fourth-order valence-corrected chi connectivity index (χ4v) is 3.49. The van der Waals surface area contributed by atoms with Crippen molar-refractivity contribution >= 4 is 5.97 Å². The van der Waals surface area contributed by atoms with E-state index in [2.05, 4.69) is 4.98 Å². The Balaban J connectivity index is 2.19. The molecule has 0 aliphatic carbocycles. The number of methoxy groups -OCH3 is 1. The summed E-state index contributed by atoms with van der Waals surface area (Å²) in [6.45, 7) is 3.68. The predicted molar refractivity (Wildman–Crippen MR) is 106 cm³/mol. The summed E-state index contributed by atoms with van der Waals surface area (Å²) in [6, 6.07) is 22.0. The molecule has 1 unspecified atom stereocenters. The Morgan fingerprint density at radius 3 is 1.79 bits per heavy atom. The maximum Gasteiger partial charge on any atom is 0.348 e. The molecule has 0 spiro atoms. The first-order chi connectivity index (χ1) is 13.5. The normalized spacial score (nSPS) is 12.4. The van der Waals surface area contributed by atoms with Crippen LogP contribution in [0.4, 0.5) is 0 Å². The van der Waals surface area contributed by atoms with E-state index in [1.54, 1.807) is 12.1 Å². The molecule has 0 aliphatic heterocycles. The number of carboxylic acid groups (broad SMARTS) is 1. The third-order valence-corrected chi connectivity index (χ3v) is 4.63. The van der Waals surface area contributed by atoms with Crippen LogP contribution in [-0.4, -0.2) is 29.3 Å². The van der Waals surface area contributed by atoms with Crippen LogP contribution in [0.3, 0.4) is 0 Å². The number of ether oxygens (including phenoxy) is 2. The molecular weight excluding hydrogens is 354 g/mol. The summed E-state index contributed by atoms with van der Waals surface area (Å²) in [5, 5.41) is 10.1. The molecular formula is C23H23NO4. The molecule has 0 aliphatic rings. The molecule has 0 radical (unpaired) electrons. The van der Waals surface area contributed by atoms with Crippen LogP contribution in [-0.2, 0) is 15.1 Å². The average Bonchev–Trinajstić information content (AvgIpc) is 2.69. The number of carbonyl (C=O) groups is 1. The highest BCUT2D eigenvalue weighted by Gasteiger charge is 2.49. The van der Waals surface area contributed by atoms with Crippen molar-refractivity contribution in [2.24, 2.45) is 0 Å². The van der Waals surface area contributed by atoms with Crippen molar-refractivity contribution in [3.05, 3.63) is 95.3 Å². The zero-order valence-electron chi connectivity index (χ0n) is 16.1. The van der Waals surface area contributed by atoms with Crippen LogP contribution in [0.1, 0.15) is 22.5 Å². The quantitative estimate of drug-likeness (QED) is 0.671. The van der Waals surface area contributed by atoms with Crippen molar-refractivity contribution < 1.29 is 19.4 Å². The molecule has 5 nitrogen and oxygen atoms in total. The number of hydrogen-bond donors (Lipinski definition) is 1. The summed E-state index contributed by atoms with van der Waals surface area (Å²) in [5.41, 5.74) is 1.56. The topological polar surface area (TPSA) is 68.7 Å². The molecule has 1 aromatic heterocycles. The predicted octanol–water partition coefficient (Wildman–Crippen LogP) is 4.12. The van der Waals surface area contributed by atoms with Gasteiger partial charge in [-0.15, -0.1) is 0 Å². The number of aromatic nitrogens is 1. The Kier molecular flexibility index (Phi) is 5.76. The summed E-state index contributed by atoms with van der Waals surface area (Å²) in [6.07, 6.45) is -1.32. The first-order valence-corrected chi connectivity index (χ1v) is 8.98. The third-order valence-electron chi connectivity index (χ3n) is 4.63. The molecule has 2 aromatic carbocycles. The van der Waals surface area contributed by atoms with Crippen LogP contribution in [0, 0.1) is 13.8 Å². The van der Waals surface area contributed by atoms with Gasteiger partial charge in [-0.05, 0) is 25.0 Å². The van der Waals surface area contributed by atoms with E-state index >= 15 is 0 Å². The van der Waals surface area contributed by atoms with Crippen LogP contribution in [0.15, 0.2) is 72.8 Å². The number of rotatable bonds is 7. The molecule has 0 amide bonds. The first kappa shape index (κ1) is 19.6. The maximum absolute atomic E-state index is 12.4. The molecule has 1 heterocycles. The molecule has 0 bridgehead atoms. The van der Waals surface area contributed by atoms with Gasteiger partial charge in [0.1, 0.15) is 5.75 Å². The van der Waals surface area contributed by atoms with E-state index < -0.39 is 17.7 Å². The third kappa shape index (κ3) is 3.75. The minimum absolute atomic E-state index is 0.436. The van der Waals surface area contributed by atoms with Crippen molar-refractivity contribution in [3.63, 3.8) is 0 Å². The largest absolute Gasteiger partial charge is 0.478 e. The molecule has 5 heteroatoms. The molecule has 0 saturated carbocycles. The smallest absolute Gasteiger partial charge is 0.348 e. The minimum Gasteiger partial charge on any atom is -0.478 e. The fourth-order valence-electron chi connectivity index (χ4n) is 3.49. The van der Waals surface area contributed by atoms with Crippen LogP contribution < -0.4 is 4.74 Å². The summed E-state index contributed by atoms with van der Waals surface area (Å²) in [4.78, 5) is 16.7. The Hall–Kier alpha value is -3.18. The van der Waals surface area contributed by atoms with E-state index in [1.165, 1.54) is 7.11 Å². The van der Waals surface area contributed by atoms with E-state index in [9.17, 15) is 9.90 Å². The Bertz CT molecular complexity index is 882. The van der Waals surface area contributed by atoms with E-state index in [-0.39, 0.29) is 0 Å². The van der Waals surface area contributed by atoms with Crippen LogP contribution >= 0.6 is 0 Å². The van der Waals surface area contributed by atoms with E-state index in [0.717, 1.165) is 11.4 Å². The molecule has 28 heavy (non-hydrogen) atoms. The van der Waals surface area contributed by atoms with Gasteiger partial charge in [-0.25, -0.2) is 4.79 Å². The van der Waals surface area contributed by atoms with Gasteiger partial charge in [-0.1, -0.05) is 60.7 Å². The standard InChI is InChI=1S/C23H23NO4/c1-16-14-20(15-17(2)24-16)28-21(22(25)26)23(27-3,18-10-6-4-7-11-18)19-12-8-5-9-13-19/h4-15,21H,1-3H3,(H,25,26). The highest BCUT2D eigenvalue weighted by atomic mass is 16.6. The van der Waals surface area contributed by atoms with Gasteiger partial charge in [0.05, 0.1) is 0 Å². The molecule has 144 valence electrons. The first-order valence-electron chi connectivity index (χ1n) is 8.98. The zero-order valence-corrected chi connectivity index (χ0v) is 16.1. The monoisotopic (exact) mass is 377 g/mol. The minimum atomic E-state index is -1.33. The summed E-state index contributed by atoms with van der Waals surface area (Å²) < 4.78 is 12.0. The lowest BCUT2D eigenvalue weighted by Gasteiger charge is -2.38. The summed E-state index contributed by atoms with van der Waals surface area (Å²) in [7, 11) is 1.50. The summed E-state index contributed by atoms with van der Waals surface area (Å²) >= 11 is 0. The van der Waals surface area contributed by atoms with E-state index in [4.69, 9.17) is 9.47 Å². The number of carboxylic acids is 1. The van der Waals surface area contributed by atoms with Gasteiger partial charge in [-0.2, -0.15) is 0 Å². The molecule has 1 N–H and O–H groups in total. The molecule has 3 aromatic rings. The zero-order chi connectivity index (χ0) is 20.1. The average molecular weight is 377 g/mol. The van der Waals surface area contributed by atoms with Gasteiger partial charge in [0.15, 0.2) is 5.60 Å². The van der Waals surface area contributed by atoms with Crippen molar-refractivity contribution in [3.8, 4) is 5.75 Å². The molecule has 3 rings (SSSR count). The molecule has 0 saturated heterocycles. The maximum atomic E-state index is 12.4. The lowest BCUT2D eigenvalue weighted by Crippen LogP contribution is -2.50.